The second-order valence-corrected chi connectivity index (χ2v) is 8.86. The van der Waals surface area contributed by atoms with Crippen molar-refractivity contribution in [3.05, 3.63) is 84.2 Å². The molecule has 0 saturated carbocycles. The highest BCUT2D eigenvalue weighted by Gasteiger charge is 2.14. The fraction of sp³-hybridized carbons (Fsp3) is 0.182. The Balaban J connectivity index is 1.76. The average Bonchev–Trinajstić information content (AvgIpc) is 2.70. The molecule has 8 heteroatoms. The maximum Gasteiger partial charge on any atom is 0.175 e. The number of anilines is 1. The van der Waals surface area contributed by atoms with Crippen molar-refractivity contribution >= 4 is 68.0 Å². The van der Waals surface area contributed by atoms with Gasteiger partial charge in [-0.3, -0.25) is 0 Å². The highest BCUT2D eigenvalue weighted by Crippen LogP contribution is 2.38. The fourth-order valence-corrected chi connectivity index (χ4v) is 4.09. The number of halogens is 5. The van der Waals surface area contributed by atoms with Crippen molar-refractivity contribution < 1.29 is 9.47 Å². The van der Waals surface area contributed by atoms with Gasteiger partial charge in [0, 0.05) is 27.8 Å². The molecule has 3 nitrogen and oxygen atoms in total. The van der Waals surface area contributed by atoms with E-state index in [1.807, 2.05) is 31.2 Å². The zero-order chi connectivity index (χ0) is 21.7. The number of nitrogens with one attached hydrogen (secondary N) is 1. The van der Waals surface area contributed by atoms with Crippen LogP contribution in [-0.2, 0) is 13.2 Å². The van der Waals surface area contributed by atoms with Crippen molar-refractivity contribution in [1.82, 2.24) is 0 Å². The van der Waals surface area contributed by atoms with Crippen LogP contribution in [0.3, 0.4) is 0 Å². The van der Waals surface area contributed by atoms with Crippen molar-refractivity contribution in [2.24, 2.45) is 0 Å². The van der Waals surface area contributed by atoms with Crippen LogP contribution in [0.4, 0.5) is 5.69 Å². The first-order chi connectivity index (χ1) is 14.4. The van der Waals surface area contributed by atoms with Crippen molar-refractivity contribution in [3.63, 3.8) is 0 Å². The van der Waals surface area contributed by atoms with Gasteiger partial charge in [-0.05, 0) is 70.9 Å². The van der Waals surface area contributed by atoms with E-state index in [1.165, 1.54) is 0 Å². The summed E-state index contributed by atoms with van der Waals surface area (Å²) in [6.45, 7) is 3.29. The maximum absolute atomic E-state index is 6.25. The lowest BCUT2D eigenvalue weighted by Gasteiger charge is -2.16. The van der Waals surface area contributed by atoms with Crippen molar-refractivity contribution in [2.75, 3.05) is 11.9 Å². The molecule has 3 aromatic rings. The second-order valence-electron chi connectivity index (χ2n) is 6.34. The molecule has 1 N–H and O–H groups in total. The van der Waals surface area contributed by atoms with Gasteiger partial charge in [-0.15, -0.1) is 0 Å². The second kappa shape index (κ2) is 10.8. The third-order valence-electron chi connectivity index (χ3n) is 4.17. The maximum atomic E-state index is 6.25. The van der Waals surface area contributed by atoms with Crippen LogP contribution in [0.1, 0.15) is 18.1 Å². The van der Waals surface area contributed by atoms with Gasteiger partial charge >= 0.3 is 0 Å². The first kappa shape index (κ1) is 23.4. The predicted octanol–water partition coefficient (Wildman–Crippen LogP) is 8.65. The van der Waals surface area contributed by atoms with Gasteiger partial charge in [0.05, 0.1) is 21.1 Å². The summed E-state index contributed by atoms with van der Waals surface area (Å²) < 4.78 is 12.6. The van der Waals surface area contributed by atoms with Crippen LogP contribution >= 0.6 is 62.3 Å². The Morgan fingerprint density at radius 3 is 2.37 bits per heavy atom. The first-order valence-corrected chi connectivity index (χ1v) is 11.4. The molecule has 0 atom stereocenters. The quantitative estimate of drug-likeness (QED) is 0.305. The Labute approximate surface area is 204 Å². The van der Waals surface area contributed by atoms with Crippen molar-refractivity contribution in [3.8, 4) is 11.5 Å². The van der Waals surface area contributed by atoms with E-state index in [0.29, 0.717) is 44.7 Å². The zero-order valence-electron chi connectivity index (χ0n) is 15.9. The Morgan fingerprint density at radius 2 is 1.67 bits per heavy atom. The molecule has 0 amide bonds. The molecule has 0 heterocycles. The topological polar surface area (TPSA) is 30.5 Å². The molecule has 158 valence electrons. The average molecular weight is 550 g/mol. The van der Waals surface area contributed by atoms with E-state index in [0.717, 1.165) is 21.3 Å². The van der Waals surface area contributed by atoms with E-state index < -0.39 is 0 Å². The summed E-state index contributed by atoms with van der Waals surface area (Å²) in [5.74, 6) is 1.25. The predicted molar refractivity (Wildman–Crippen MR) is 130 cm³/mol. The monoisotopic (exact) mass is 547 g/mol. The lowest BCUT2D eigenvalue weighted by atomic mass is 10.2. The summed E-state index contributed by atoms with van der Waals surface area (Å²) in [5, 5.41) is 5.48. The minimum Gasteiger partial charge on any atom is -0.490 e. The van der Waals surface area contributed by atoms with Crippen molar-refractivity contribution in [1.29, 1.82) is 0 Å². The Kier molecular flexibility index (Phi) is 8.44. The summed E-state index contributed by atoms with van der Waals surface area (Å²) in [6.07, 6.45) is 0. The van der Waals surface area contributed by atoms with Crippen LogP contribution in [-0.4, -0.2) is 6.61 Å². The molecule has 30 heavy (non-hydrogen) atoms. The molecule has 3 rings (SSSR count). The minimum atomic E-state index is 0.287. The third-order valence-corrected chi connectivity index (χ3v) is 6.09. The van der Waals surface area contributed by atoms with Gasteiger partial charge in [-0.25, -0.2) is 0 Å². The summed E-state index contributed by atoms with van der Waals surface area (Å²) in [7, 11) is 0. The highest BCUT2D eigenvalue weighted by atomic mass is 79.9. The SMILES string of the molecule is CCOc1cc(CNc2ccc(Cl)c(Cl)c2)cc(Br)c1OCc1ccc(Cl)cc1Cl. The first-order valence-electron chi connectivity index (χ1n) is 9.08. The summed E-state index contributed by atoms with van der Waals surface area (Å²) in [6, 6.07) is 14.7. The van der Waals surface area contributed by atoms with Gasteiger partial charge in [-0.1, -0.05) is 52.5 Å². The normalized spacial score (nSPS) is 10.7. The largest absolute Gasteiger partial charge is 0.490 e. The molecule has 0 spiro atoms. The van der Waals surface area contributed by atoms with Gasteiger partial charge in [-0.2, -0.15) is 0 Å². The number of rotatable bonds is 8. The molecule has 0 aliphatic rings. The van der Waals surface area contributed by atoms with E-state index in [4.69, 9.17) is 55.9 Å². The van der Waals surface area contributed by atoms with Crippen LogP contribution in [0.5, 0.6) is 11.5 Å². The highest BCUT2D eigenvalue weighted by molar-refractivity contribution is 9.10. The lowest BCUT2D eigenvalue weighted by molar-refractivity contribution is 0.267. The molecular weight excluding hydrogens is 532 g/mol. The number of hydrogen-bond donors (Lipinski definition) is 1. The Bertz CT molecular complexity index is 1050. The van der Waals surface area contributed by atoms with Crippen LogP contribution < -0.4 is 14.8 Å². The van der Waals surface area contributed by atoms with Crippen LogP contribution in [0.2, 0.25) is 20.1 Å². The molecule has 0 radical (unpaired) electrons. The molecule has 0 aromatic heterocycles. The van der Waals surface area contributed by atoms with E-state index in [9.17, 15) is 0 Å². The number of ether oxygens (including phenoxy) is 2. The van der Waals surface area contributed by atoms with E-state index in [2.05, 4.69) is 21.2 Å². The van der Waals surface area contributed by atoms with Gasteiger partial charge in [0.15, 0.2) is 11.5 Å². The lowest BCUT2D eigenvalue weighted by Crippen LogP contribution is -2.04. The van der Waals surface area contributed by atoms with Crippen LogP contribution in [0.15, 0.2) is 53.0 Å². The molecule has 0 aliphatic heterocycles. The van der Waals surface area contributed by atoms with Gasteiger partial charge in [0.25, 0.3) is 0 Å². The van der Waals surface area contributed by atoms with E-state index in [-0.39, 0.29) is 6.61 Å². The van der Waals surface area contributed by atoms with Gasteiger partial charge in [0.1, 0.15) is 6.61 Å². The molecule has 0 unspecified atom stereocenters. The number of benzene rings is 3. The van der Waals surface area contributed by atoms with Crippen LogP contribution in [0.25, 0.3) is 0 Å². The van der Waals surface area contributed by atoms with E-state index >= 15 is 0 Å². The minimum absolute atomic E-state index is 0.287. The van der Waals surface area contributed by atoms with Gasteiger partial charge < -0.3 is 14.8 Å². The Morgan fingerprint density at radius 1 is 0.867 bits per heavy atom. The molecule has 0 aliphatic carbocycles. The third kappa shape index (κ3) is 6.12. The molecular formula is C22H18BrCl4NO2. The van der Waals surface area contributed by atoms with Gasteiger partial charge in [0.2, 0.25) is 0 Å². The number of hydrogen-bond acceptors (Lipinski definition) is 3. The fourth-order valence-electron chi connectivity index (χ4n) is 2.73. The van der Waals surface area contributed by atoms with Crippen molar-refractivity contribution in [2.45, 2.75) is 20.1 Å². The van der Waals surface area contributed by atoms with E-state index in [1.54, 1.807) is 24.3 Å². The summed E-state index contributed by atoms with van der Waals surface area (Å²) in [5.41, 5.74) is 2.71. The zero-order valence-corrected chi connectivity index (χ0v) is 20.6. The summed E-state index contributed by atoms with van der Waals surface area (Å²) >= 11 is 27.9. The summed E-state index contributed by atoms with van der Waals surface area (Å²) in [4.78, 5) is 0. The van der Waals surface area contributed by atoms with Crippen LogP contribution in [0, 0.1) is 0 Å². The molecule has 3 aromatic carbocycles. The molecule has 0 fully saturated rings. The molecule has 0 saturated heterocycles. The Hall–Kier alpha value is -1.30. The smallest absolute Gasteiger partial charge is 0.175 e. The standard InChI is InChI=1S/C22H18BrCl4NO2/c1-2-29-21-8-13(11-28-16-5-6-18(25)20(27)10-16)7-17(23)22(21)30-12-14-3-4-15(24)9-19(14)26/h3-10,28H,2,11-12H2,1H3. The molecule has 0 bridgehead atoms.